The zero-order chi connectivity index (χ0) is 22.6. The van der Waals surface area contributed by atoms with E-state index in [1.807, 2.05) is 44.2 Å². The van der Waals surface area contributed by atoms with Gasteiger partial charge in [-0.2, -0.15) is 12.3 Å². The van der Waals surface area contributed by atoms with Gasteiger partial charge in [-0.1, -0.05) is 51.1 Å². The molecule has 0 saturated heterocycles. The summed E-state index contributed by atoms with van der Waals surface area (Å²) in [5.74, 6) is 1.97. The molecule has 1 rings (SSSR count). The Kier molecular flexibility index (Phi) is 11.1. The molecule has 0 aliphatic rings. The van der Waals surface area contributed by atoms with E-state index < -0.39 is 32.2 Å². The Bertz CT molecular complexity index is 784. The second-order valence-corrected chi connectivity index (χ2v) is 9.29. The molecule has 1 aromatic carbocycles. The van der Waals surface area contributed by atoms with Crippen LogP contribution in [-0.2, 0) is 21.5 Å². The van der Waals surface area contributed by atoms with Gasteiger partial charge < -0.3 is 10.4 Å². The average molecular weight is 439 g/mol. The third-order valence-electron chi connectivity index (χ3n) is 5.15. The Balaban J connectivity index is 3.18. The first-order chi connectivity index (χ1) is 14.3. The first-order valence-electron chi connectivity index (χ1n) is 10.6. The first kappa shape index (κ1) is 26.1. The lowest BCUT2D eigenvalue weighted by atomic mass is 10.0. The highest BCUT2D eigenvalue weighted by Gasteiger charge is 2.50. The van der Waals surface area contributed by atoms with Gasteiger partial charge in [-0.3, -0.25) is 4.79 Å². The van der Waals surface area contributed by atoms with Crippen LogP contribution in [0.15, 0.2) is 30.3 Å². The molecular formula is C22H36N3O4S+. The smallest absolute Gasteiger partial charge is 0.385 e. The predicted octanol–water partition coefficient (Wildman–Crippen LogP) is 1.94. The van der Waals surface area contributed by atoms with Gasteiger partial charge in [0.1, 0.15) is 12.1 Å². The third kappa shape index (κ3) is 6.81. The Morgan fingerprint density at radius 3 is 2.27 bits per heavy atom. The van der Waals surface area contributed by atoms with Crippen molar-refractivity contribution in [3.05, 3.63) is 35.9 Å². The largest absolute Gasteiger partial charge is 0.396 e. The van der Waals surface area contributed by atoms with Crippen molar-refractivity contribution in [2.45, 2.75) is 65.1 Å². The maximum absolute atomic E-state index is 13.4. The average Bonchev–Trinajstić information content (AvgIpc) is 2.72. The van der Waals surface area contributed by atoms with Crippen LogP contribution in [-0.4, -0.2) is 55.1 Å². The van der Waals surface area contributed by atoms with Gasteiger partial charge in [0, 0.05) is 19.5 Å². The van der Waals surface area contributed by atoms with E-state index in [0.717, 1.165) is 5.56 Å². The SMILES string of the molecule is C#CCC(C(O)CNCc1ccccc1)[N+](CCC)(CCC)S(=O)(=O)NC(=O)CC. The quantitative estimate of drug-likeness (QED) is 0.305. The number of aliphatic hydroxyl groups excluding tert-OH is 1. The van der Waals surface area contributed by atoms with E-state index in [1.165, 1.54) is 0 Å². The summed E-state index contributed by atoms with van der Waals surface area (Å²) in [5.41, 5.74) is 1.06. The molecule has 2 atom stereocenters. The highest BCUT2D eigenvalue weighted by Crippen LogP contribution is 2.27. The number of nitrogens with zero attached hydrogens (tertiary/aromatic N) is 1. The molecule has 0 heterocycles. The number of terminal acetylenes is 1. The van der Waals surface area contributed by atoms with Crippen LogP contribution in [0, 0.1) is 12.3 Å². The van der Waals surface area contributed by atoms with Gasteiger partial charge in [0.05, 0.1) is 19.5 Å². The number of aliphatic hydroxyl groups is 1. The molecule has 0 spiro atoms. The molecule has 7 nitrogen and oxygen atoms in total. The summed E-state index contributed by atoms with van der Waals surface area (Å²) in [6, 6.07) is 8.97. The van der Waals surface area contributed by atoms with Crippen molar-refractivity contribution >= 4 is 16.1 Å². The minimum absolute atomic E-state index is 0.0540. The summed E-state index contributed by atoms with van der Waals surface area (Å²) in [6.07, 6.45) is 5.83. The van der Waals surface area contributed by atoms with Crippen LogP contribution in [0.5, 0.6) is 0 Å². The molecule has 3 N–H and O–H groups in total. The molecule has 0 bridgehead atoms. The summed E-state index contributed by atoms with van der Waals surface area (Å²) in [5, 5.41) is 14.2. The molecule has 1 amide bonds. The minimum Gasteiger partial charge on any atom is -0.385 e. The van der Waals surface area contributed by atoms with Crippen molar-refractivity contribution < 1.29 is 22.2 Å². The Labute approximate surface area is 181 Å². The lowest BCUT2D eigenvalue weighted by molar-refractivity contribution is -0.838. The lowest BCUT2D eigenvalue weighted by Crippen LogP contribution is -2.67. The first-order valence-corrected chi connectivity index (χ1v) is 12.0. The van der Waals surface area contributed by atoms with Gasteiger partial charge in [0.2, 0.25) is 5.91 Å². The Hall–Kier alpha value is -1.92. The van der Waals surface area contributed by atoms with Crippen LogP contribution in [0.4, 0.5) is 0 Å². The number of hydrogen-bond donors (Lipinski definition) is 3. The van der Waals surface area contributed by atoms with E-state index in [1.54, 1.807) is 6.92 Å². The van der Waals surface area contributed by atoms with Gasteiger partial charge in [-0.25, -0.2) is 4.72 Å². The Morgan fingerprint density at radius 2 is 1.77 bits per heavy atom. The van der Waals surface area contributed by atoms with Crippen molar-refractivity contribution in [2.24, 2.45) is 0 Å². The standard InChI is InChI=1S/C22H35N3O4S/c1-5-12-20(21(26)18-23-17-19-13-10-9-11-14-19)25(15-6-2,16-7-3)30(28,29)24-22(27)8-4/h1,9-11,13-14,20-21,23,26H,6-8,12,15-18H2,2-4H3/p+1. The molecule has 0 aromatic heterocycles. The summed E-state index contributed by atoms with van der Waals surface area (Å²) in [6.45, 7) is 6.60. The molecule has 2 unspecified atom stereocenters. The van der Waals surface area contributed by atoms with Crippen LogP contribution in [0.25, 0.3) is 0 Å². The fraction of sp³-hybridized carbons (Fsp3) is 0.591. The van der Waals surface area contributed by atoms with Crippen molar-refractivity contribution in [1.82, 2.24) is 10.0 Å². The van der Waals surface area contributed by atoms with E-state index in [2.05, 4.69) is 16.0 Å². The molecule has 0 saturated carbocycles. The number of carbonyl (C=O) groups excluding carboxylic acids is 1. The second-order valence-electron chi connectivity index (χ2n) is 7.41. The maximum Gasteiger partial charge on any atom is 0.396 e. The molecule has 0 radical (unpaired) electrons. The van der Waals surface area contributed by atoms with Gasteiger partial charge in [-0.05, 0) is 18.4 Å². The number of hydrogen-bond acceptors (Lipinski definition) is 5. The monoisotopic (exact) mass is 438 g/mol. The van der Waals surface area contributed by atoms with Crippen LogP contribution in [0.2, 0.25) is 0 Å². The molecular weight excluding hydrogens is 402 g/mol. The molecule has 1 aromatic rings. The topological polar surface area (TPSA) is 95.5 Å². The second kappa shape index (κ2) is 12.7. The highest BCUT2D eigenvalue weighted by molar-refractivity contribution is 7.84. The van der Waals surface area contributed by atoms with Gasteiger partial charge in [-0.15, -0.1) is 12.3 Å². The number of amides is 1. The van der Waals surface area contributed by atoms with E-state index in [4.69, 9.17) is 6.42 Å². The normalized spacial score (nSPS) is 14.0. The molecule has 0 aliphatic heterocycles. The Morgan fingerprint density at radius 1 is 1.17 bits per heavy atom. The fourth-order valence-corrected chi connectivity index (χ4v) is 5.79. The predicted molar refractivity (Wildman–Crippen MR) is 119 cm³/mol. The van der Waals surface area contributed by atoms with E-state index in [9.17, 15) is 18.3 Å². The molecule has 0 aliphatic carbocycles. The third-order valence-corrected chi connectivity index (χ3v) is 7.23. The van der Waals surface area contributed by atoms with Crippen molar-refractivity contribution in [2.75, 3.05) is 19.6 Å². The van der Waals surface area contributed by atoms with Gasteiger partial charge in [0.15, 0.2) is 0 Å². The molecule has 8 heteroatoms. The summed E-state index contributed by atoms with van der Waals surface area (Å²) < 4.78 is 28.5. The molecule has 30 heavy (non-hydrogen) atoms. The van der Waals surface area contributed by atoms with Crippen LogP contribution in [0.3, 0.4) is 0 Å². The maximum atomic E-state index is 13.4. The molecule has 168 valence electrons. The number of rotatable bonds is 14. The summed E-state index contributed by atoms with van der Waals surface area (Å²) in [7, 11) is -4.11. The highest BCUT2D eigenvalue weighted by atomic mass is 32.2. The van der Waals surface area contributed by atoms with Crippen LogP contribution < -0.4 is 10.0 Å². The number of nitrogens with one attached hydrogen (secondary N) is 2. The lowest BCUT2D eigenvalue weighted by Gasteiger charge is -2.43. The fourth-order valence-electron chi connectivity index (χ4n) is 3.76. The van der Waals surface area contributed by atoms with Crippen molar-refractivity contribution in [3.8, 4) is 12.3 Å². The van der Waals surface area contributed by atoms with Crippen LogP contribution >= 0.6 is 0 Å². The number of quaternary nitrogens is 1. The number of benzene rings is 1. The zero-order valence-corrected chi connectivity index (χ0v) is 19.1. The van der Waals surface area contributed by atoms with Crippen molar-refractivity contribution in [1.29, 1.82) is 0 Å². The number of carbonyl (C=O) groups is 1. The van der Waals surface area contributed by atoms with Gasteiger partial charge >= 0.3 is 10.2 Å². The zero-order valence-electron chi connectivity index (χ0n) is 18.3. The van der Waals surface area contributed by atoms with E-state index >= 15 is 0 Å². The summed E-state index contributed by atoms with van der Waals surface area (Å²) in [4.78, 5) is 11.9. The van der Waals surface area contributed by atoms with Crippen molar-refractivity contribution in [3.63, 3.8) is 0 Å². The summed E-state index contributed by atoms with van der Waals surface area (Å²) >= 11 is 0. The van der Waals surface area contributed by atoms with E-state index in [-0.39, 0.29) is 32.5 Å². The van der Waals surface area contributed by atoms with E-state index in [0.29, 0.717) is 19.4 Å². The van der Waals surface area contributed by atoms with Crippen LogP contribution in [0.1, 0.15) is 52.0 Å². The molecule has 0 fully saturated rings. The van der Waals surface area contributed by atoms with Gasteiger partial charge in [0.25, 0.3) is 0 Å². The minimum atomic E-state index is -4.11.